The Kier molecular flexibility index (Phi) is 3.73. The third-order valence-electron chi connectivity index (χ3n) is 2.23. The Bertz CT molecular complexity index is 529. The van der Waals surface area contributed by atoms with Gasteiger partial charge in [-0.3, -0.25) is 4.79 Å². The molecule has 0 saturated heterocycles. The first-order valence-electron chi connectivity index (χ1n) is 5.33. The summed E-state index contributed by atoms with van der Waals surface area (Å²) in [5.41, 5.74) is 1.95. The molecule has 86 valence electrons. The van der Waals surface area contributed by atoms with Crippen molar-refractivity contribution in [1.29, 1.82) is 0 Å². The van der Waals surface area contributed by atoms with Crippen molar-refractivity contribution in [3.05, 3.63) is 58.3 Å². The number of anilines is 1. The molecular formula is C14H13NOS. The molecule has 0 fully saturated rings. The van der Waals surface area contributed by atoms with Crippen LogP contribution in [0, 0.1) is 6.92 Å². The molecule has 1 amide bonds. The molecule has 0 saturated carbocycles. The molecule has 0 aliphatic carbocycles. The molecule has 1 aromatic carbocycles. The maximum absolute atomic E-state index is 11.6. The summed E-state index contributed by atoms with van der Waals surface area (Å²) in [6, 6.07) is 11.7. The normalized spacial score (nSPS) is 10.6. The minimum Gasteiger partial charge on any atom is -0.323 e. The summed E-state index contributed by atoms with van der Waals surface area (Å²) in [4.78, 5) is 12.7. The number of amides is 1. The topological polar surface area (TPSA) is 29.1 Å². The van der Waals surface area contributed by atoms with Gasteiger partial charge in [0.1, 0.15) is 0 Å². The molecule has 0 aliphatic heterocycles. The molecule has 0 radical (unpaired) electrons. The minimum atomic E-state index is -0.107. The summed E-state index contributed by atoms with van der Waals surface area (Å²) in [6.07, 6.45) is 3.37. The van der Waals surface area contributed by atoms with E-state index in [1.165, 1.54) is 0 Å². The van der Waals surface area contributed by atoms with Gasteiger partial charge in [-0.05, 0) is 42.1 Å². The maximum atomic E-state index is 11.6. The van der Waals surface area contributed by atoms with Gasteiger partial charge in [0.2, 0.25) is 5.91 Å². The van der Waals surface area contributed by atoms with Crippen molar-refractivity contribution in [2.24, 2.45) is 0 Å². The summed E-state index contributed by atoms with van der Waals surface area (Å²) < 4.78 is 0. The average molecular weight is 243 g/mol. The average Bonchev–Trinajstić information content (AvgIpc) is 2.79. The molecule has 1 N–H and O–H groups in total. The van der Waals surface area contributed by atoms with Crippen LogP contribution in [-0.2, 0) is 4.79 Å². The van der Waals surface area contributed by atoms with Crippen molar-refractivity contribution < 1.29 is 4.79 Å². The standard InChI is InChI=1S/C14H13NOS/c1-11-4-2-5-12(10-11)15-14(16)8-7-13-6-3-9-17-13/h2-10H,1H3,(H,15,16). The summed E-state index contributed by atoms with van der Waals surface area (Å²) in [6.45, 7) is 2.00. The highest BCUT2D eigenvalue weighted by molar-refractivity contribution is 7.10. The van der Waals surface area contributed by atoms with E-state index >= 15 is 0 Å². The van der Waals surface area contributed by atoms with E-state index in [0.717, 1.165) is 16.1 Å². The number of benzene rings is 1. The predicted molar refractivity (Wildman–Crippen MR) is 73.2 cm³/mol. The van der Waals surface area contributed by atoms with E-state index < -0.39 is 0 Å². The van der Waals surface area contributed by atoms with Crippen molar-refractivity contribution in [3.63, 3.8) is 0 Å². The molecular weight excluding hydrogens is 230 g/mol. The molecule has 0 unspecified atom stereocenters. The molecule has 0 bridgehead atoms. The molecule has 0 atom stereocenters. The van der Waals surface area contributed by atoms with Crippen LogP contribution >= 0.6 is 11.3 Å². The number of nitrogens with one attached hydrogen (secondary N) is 1. The summed E-state index contributed by atoms with van der Waals surface area (Å²) in [5, 5.41) is 4.81. The fraction of sp³-hybridized carbons (Fsp3) is 0.0714. The highest BCUT2D eigenvalue weighted by Crippen LogP contribution is 2.12. The summed E-state index contributed by atoms with van der Waals surface area (Å²) >= 11 is 1.61. The number of aryl methyl sites for hydroxylation is 1. The SMILES string of the molecule is Cc1cccc(NC(=O)C=Cc2cccs2)c1. The lowest BCUT2D eigenvalue weighted by Crippen LogP contribution is -2.07. The van der Waals surface area contributed by atoms with Gasteiger partial charge in [0.05, 0.1) is 0 Å². The van der Waals surface area contributed by atoms with Gasteiger partial charge in [0, 0.05) is 16.6 Å². The number of hydrogen-bond acceptors (Lipinski definition) is 2. The van der Waals surface area contributed by atoms with E-state index in [-0.39, 0.29) is 5.91 Å². The van der Waals surface area contributed by atoms with Crippen LogP contribution in [0.25, 0.3) is 6.08 Å². The Hall–Kier alpha value is -1.87. The highest BCUT2D eigenvalue weighted by Gasteiger charge is 1.97. The largest absolute Gasteiger partial charge is 0.323 e. The Morgan fingerprint density at radius 1 is 1.29 bits per heavy atom. The maximum Gasteiger partial charge on any atom is 0.248 e. The van der Waals surface area contributed by atoms with Crippen LogP contribution in [0.1, 0.15) is 10.4 Å². The van der Waals surface area contributed by atoms with Crippen LogP contribution in [0.5, 0.6) is 0 Å². The van der Waals surface area contributed by atoms with Crippen LogP contribution in [0.15, 0.2) is 47.9 Å². The Labute approximate surface area is 105 Å². The molecule has 2 nitrogen and oxygen atoms in total. The third-order valence-corrected chi connectivity index (χ3v) is 3.07. The van der Waals surface area contributed by atoms with Gasteiger partial charge >= 0.3 is 0 Å². The van der Waals surface area contributed by atoms with Gasteiger partial charge in [-0.1, -0.05) is 18.2 Å². The molecule has 1 heterocycles. The molecule has 1 aromatic heterocycles. The summed E-state index contributed by atoms with van der Waals surface area (Å²) in [5.74, 6) is -0.107. The number of carbonyl (C=O) groups is 1. The second-order valence-electron chi connectivity index (χ2n) is 3.71. The number of thiophene rings is 1. The zero-order valence-electron chi connectivity index (χ0n) is 9.51. The van der Waals surface area contributed by atoms with Crippen LogP contribution in [0.4, 0.5) is 5.69 Å². The fourth-order valence-electron chi connectivity index (χ4n) is 1.45. The summed E-state index contributed by atoms with van der Waals surface area (Å²) in [7, 11) is 0. The molecule has 2 rings (SSSR count). The molecule has 2 aromatic rings. The lowest BCUT2D eigenvalue weighted by atomic mass is 10.2. The van der Waals surface area contributed by atoms with Crippen LogP contribution < -0.4 is 5.32 Å². The van der Waals surface area contributed by atoms with E-state index in [2.05, 4.69) is 5.32 Å². The van der Waals surface area contributed by atoms with Gasteiger partial charge in [-0.25, -0.2) is 0 Å². The quantitative estimate of drug-likeness (QED) is 0.818. The smallest absolute Gasteiger partial charge is 0.248 e. The van der Waals surface area contributed by atoms with E-state index in [1.54, 1.807) is 17.4 Å². The van der Waals surface area contributed by atoms with Gasteiger partial charge < -0.3 is 5.32 Å². The zero-order valence-corrected chi connectivity index (χ0v) is 10.3. The lowest BCUT2D eigenvalue weighted by molar-refractivity contribution is -0.111. The first-order chi connectivity index (χ1) is 8.24. The lowest BCUT2D eigenvalue weighted by Gasteiger charge is -2.02. The molecule has 0 spiro atoms. The zero-order chi connectivity index (χ0) is 12.1. The molecule has 17 heavy (non-hydrogen) atoms. The molecule has 0 aliphatic rings. The van der Waals surface area contributed by atoms with E-state index in [4.69, 9.17) is 0 Å². The van der Waals surface area contributed by atoms with Crippen molar-refractivity contribution in [2.45, 2.75) is 6.92 Å². The van der Waals surface area contributed by atoms with E-state index in [0.29, 0.717) is 0 Å². The predicted octanol–water partition coefficient (Wildman–Crippen LogP) is 3.71. The first kappa shape index (κ1) is 11.6. The van der Waals surface area contributed by atoms with Crippen molar-refractivity contribution in [3.8, 4) is 0 Å². The van der Waals surface area contributed by atoms with Crippen molar-refractivity contribution in [1.82, 2.24) is 0 Å². The first-order valence-corrected chi connectivity index (χ1v) is 6.21. The van der Waals surface area contributed by atoms with Gasteiger partial charge in [-0.2, -0.15) is 0 Å². The second-order valence-corrected chi connectivity index (χ2v) is 4.69. The van der Waals surface area contributed by atoms with Gasteiger partial charge in [0.15, 0.2) is 0 Å². The van der Waals surface area contributed by atoms with Gasteiger partial charge in [0.25, 0.3) is 0 Å². The Morgan fingerprint density at radius 3 is 2.88 bits per heavy atom. The highest BCUT2D eigenvalue weighted by atomic mass is 32.1. The van der Waals surface area contributed by atoms with E-state index in [1.807, 2.05) is 54.8 Å². The number of carbonyl (C=O) groups excluding carboxylic acids is 1. The Morgan fingerprint density at radius 2 is 2.18 bits per heavy atom. The number of rotatable bonds is 3. The number of hydrogen-bond donors (Lipinski definition) is 1. The third kappa shape index (κ3) is 3.57. The Balaban J connectivity index is 1.98. The van der Waals surface area contributed by atoms with Gasteiger partial charge in [-0.15, -0.1) is 11.3 Å². The second kappa shape index (κ2) is 5.46. The fourth-order valence-corrected chi connectivity index (χ4v) is 2.07. The monoisotopic (exact) mass is 243 g/mol. The van der Waals surface area contributed by atoms with Crippen LogP contribution in [0.2, 0.25) is 0 Å². The van der Waals surface area contributed by atoms with Crippen LogP contribution in [0.3, 0.4) is 0 Å². The van der Waals surface area contributed by atoms with Crippen LogP contribution in [-0.4, -0.2) is 5.91 Å². The van der Waals surface area contributed by atoms with E-state index in [9.17, 15) is 4.79 Å². The van der Waals surface area contributed by atoms with Crippen molar-refractivity contribution >= 4 is 29.0 Å². The molecule has 3 heteroatoms. The minimum absolute atomic E-state index is 0.107. The van der Waals surface area contributed by atoms with Crippen molar-refractivity contribution in [2.75, 3.05) is 5.32 Å².